The van der Waals surface area contributed by atoms with E-state index in [1.165, 1.54) is 6.21 Å². The van der Waals surface area contributed by atoms with Crippen LogP contribution in [0.15, 0.2) is 41.5 Å². The number of amides is 2. The summed E-state index contributed by atoms with van der Waals surface area (Å²) in [5.41, 5.74) is 3.52. The van der Waals surface area contributed by atoms with E-state index in [1.54, 1.807) is 36.4 Å². The lowest BCUT2D eigenvalue weighted by molar-refractivity contribution is -0.139. The van der Waals surface area contributed by atoms with Crippen LogP contribution in [-0.4, -0.2) is 43.9 Å². The SMILES string of the molecule is CCOc1cc(/C=N\NC(=O)C(=O)NC[C@@H]2CCCO2)ccc1OCc1c(Cl)cccc1Cl. The number of benzene rings is 2. The third-order valence-electron chi connectivity index (χ3n) is 4.80. The first kappa shape index (κ1) is 24.8. The lowest BCUT2D eigenvalue weighted by atomic mass is 10.2. The summed E-state index contributed by atoms with van der Waals surface area (Å²) in [5.74, 6) is -0.627. The lowest BCUT2D eigenvalue weighted by Gasteiger charge is -2.14. The molecule has 0 radical (unpaired) electrons. The van der Waals surface area contributed by atoms with Crippen molar-refractivity contribution in [1.82, 2.24) is 10.7 Å². The maximum Gasteiger partial charge on any atom is 0.329 e. The highest BCUT2D eigenvalue weighted by molar-refractivity contribution is 6.36. The fourth-order valence-electron chi connectivity index (χ4n) is 3.12. The predicted octanol–water partition coefficient (Wildman–Crippen LogP) is 3.72. The van der Waals surface area contributed by atoms with Gasteiger partial charge < -0.3 is 19.5 Å². The fourth-order valence-corrected chi connectivity index (χ4v) is 3.63. The molecule has 2 N–H and O–H groups in total. The number of nitrogens with one attached hydrogen (secondary N) is 2. The second-order valence-electron chi connectivity index (χ2n) is 7.17. The van der Waals surface area contributed by atoms with E-state index in [4.69, 9.17) is 37.4 Å². The minimum absolute atomic E-state index is 0.0445. The zero-order valence-electron chi connectivity index (χ0n) is 18.1. The Kier molecular flexibility index (Phi) is 9.35. The topological polar surface area (TPSA) is 98.2 Å². The van der Waals surface area contributed by atoms with Crippen LogP contribution in [0.3, 0.4) is 0 Å². The van der Waals surface area contributed by atoms with Crippen LogP contribution in [0, 0.1) is 0 Å². The van der Waals surface area contributed by atoms with Crippen molar-refractivity contribution in [3.05, 3.63) is 57.6 Å². The van der Waals surface area contributed by atoms with Gasteiger partial charge in [-0.3, -0.25) is 9.59 Å². The van der Waals surface area contributed by atoms with Crippen molar-refractivity contribution in [3.8, 4) is 11.5 Å². The molecule has 2 aromatic rings. The molecule has 0 aliphatic carbocycles. The average Bonchev–Trinajstić information content (AvgIpc) is 3.32. The molecular formula is C23H25Cl2N3O5. The van der Waals surface area contributed by atoms with Gasteiger partial charge in [0.05, 0.1) is 18.9 Å². The van der Waals surface area contributed by atoms with Gasteiger partial charge in [0.1, 0.15) is 6.61 Å². The van der Waals surface area contributed by atoms with E-state index < -0.39 is 11.8 Å². The summed E-state index contributed by atoms with van der Waals surface area (Å²) in [7, 11) is 0. The zero-order chi connectivity index (χ0) is 23.6. The average molecular weight is 494 g/mol. The highest BCUT2D eigenvalue weighted by Gasteiger charge is 2.19. The monoisotopic (exact) mass is 493 g/mol. The molecule has 2 aromatic carbocycles. The molecule has 1 saturated heterocycles. The van der Waals surface area contributed by atoms with Gasteiger partial charge in [0, 0.05) is 28.8 Å². The Labute approximate surface area is 202 Å². The molecule has 10 heteroatoms. The molecule has 2 amide bonds. The quantitative estimate of drug-likeness (QED) is 0.315. The molecule has 3 rings (SSSR count). The maximum absolute atomic E-state index is 11.9. The molecule has 8 nitrogen and oxygen atoms in total. The number of hydrogen-bond acceptors (Lipinski definition) is 6. The number of rotatable bonds is 9. The molecule has 0 spiro atoms. The highest BCUT2D eigenvalue weighted by Crippen LogP contribution is 2.31. The van der Waals surface area contributed by atoms with Gasteiger partial charge in [-0.05, 0) is 55.7 Å². The Morgan fingerprint density at radius 3 is 2.64 bits per heavy atom. The van der Waals surface area contributed by atoms with Gasteiger partial charge in [-0.25, -0.2) is 5.43 Å². The van der Waals surface area contributed by atoms with Gasteiger partial charge in [-0.15, -0.1) is 0 Å². The van der Waals surface area contributed by atoms with Crippen molar-refractivity contribution in [2.24, 2.45) is 5.10 Å². The normalized spacial score (nSPS) is 15.4. The van der Waals surface area contributed by atoms with Crippen LogP contribution >= 0.6 is 23.2 Å². The number of hydrogen-bond donors (Lipinski definition) is 2. The summed E-state index contributed by atoms with van der Waals surface area (Å²) in [6.07, 6.45) is 3.19. The Bertz CT molecular complexity index is 989. The second kappa shape index (κ2) is 12.4. The predicted molar refractivity (Wildman–Crippen MR) is 126 cm³/mol. The van der Waals surface area contributed by atoms with E-state index in [9.17, 15) is 9.59 Å². The van der Waals surface area contributed by atoms with Gasteiger partial charge >= 0.3 is 11.8 Å². The molecule has 1 atom stereocenters. The van der Waals surface area contributed by atoms with Crippen molar-refractivity contribution in [2.75, 3.05) is 19.8 Å². The van der Waals surface area contributed by atoms with Crippen molar-refractivity contribution in [1.29, 1.82) is 0 Å². The molecule has 0 bridgehead atoms. The number of carbonyl (C=O) groups is 2. The third kappa shape index (κ3) is 7.35. The largest absolute Gasteiger partial charge is 0.490 e. The zero-order valence-corrected chi connectivity index (χ0v) is 19.6. The van der Waals surface area contributed by atoms with E-state index in [0.29, 0.717) is 52.4 Å². The molecule has 0 unspecified atom stereocenters. The number of hydrazone groups is 1. The van der Waals surface area contributed by atoms with Crippen LogP contribution in [0.2, 0.25) is 10.0 Å². The number of carbonyl (C=O) groups excluding carboxylic acids is 2. The number of nitrogens with zero attached hydrogens (tertiary/aromatic N) is 1. The van der Waals surface area contributed by atoms with Gasteiger partial charge in [0.15, 0.2) is 11.5 Å². The van der Waals surface area contributed by atoms with Crippen LogP contribution in [0.25, 0.3) is 0 Å². The van der Waals surface area contributed by atoms with E-state index >= 15 is 0 Å². The Morgan fingerprint density at radius 2 is 1.94 bits per heavy atom. The molecule has 0 aromatic heterocycles. The van der Waals surface area contributed by atoms with Crippen molar-refractivity contribution in [2.45, 2.75) is 32.5 Å². The summed E-state index contributed by atoms with van der Waals surface area (Å²) < 4.78 is 16.9. The van der Waals surface area contributed by atoms with Crippen LogP contribution in [-0.2, 0) is 20.9 Å². The summed E-state index contributed by atoms with van der Waals surface area (Å²) in [5, 5.41) is 7.41. The van der Waals surface area contributed by atoms with Crippen molar-refractivity contribution in [3.63, 3.8) is 0 Å². The molecule has 1 fully saturated rings. The van der Waals surface area contributed by atoms with Crippen LogP contribution in [0.4, 0.5) is 0 Å². The van der Waals surface area contributed by atoms with Crippen molar-refractivity contribution >= 4 is 41.2 Å². The van der Waals surface area contributed by atoms with Crippen LogP contribution in [0.5, 0.6) is 11.5 Å². The van der Waals surface area contributed by atoms with E-state index in [0.717, 1.165) is 12.8 Å². The molecule has 1 heterocycles. The fraction of sp³-hybridized carbons (Fsp3) is 0.348. The van der Waals surface area contributed by atoms with E-state index in [1.807, 2.05) is 6.92 Å². The minimum atomic E-state index is -0.856. The Hall–Kier alpha value is -2.81. The van der Waals surface area contributed by atoms with Crippen LogP contribution in [0.1, 0.15) is 30.9 Å². The standard InChI is InChI=1S/C23H25Cl2N3O5/c1-2-31-21-11-15(8-9-20(21)33-14-17-18(24)6-3-7-19(17)25)12-27-28-23(30)22(29)26-13-16-5-4-10-32-16/h3,6-9,11-12,16H,2,4-5,10,13-14H2,1H3,(H,26,29)(H,28,30)/b27-12-/t16-/m0/s1. The van der Waals surface area contributed by atoms with Crippen LogP contribution < -0.4 is 20.2 Å². The Morgan fingerprint density at radius 1 is 1.15 bits per heavy atom. The highest BCUT2D eigenvalue weighted by atomic mass is 35.5. The molecule has 1 aliphatic rings. The van der Waals surface area contributed by atoms with E-state index in [2.05, 4.69) is 15.8 Å². The summed E-state index contributed by atoms with van der Waals surface area (Å²) >= 11 is 12.4. The lowest BCUT2D eigenvalue weighted by Crippen LogP contribution is -2.41. The summed E-state index contributed by atoms with van der Waals surface area (Å²) in [4.78, 5) is 23.7. The molecule has 33 heavy (non-hydrogen) atoms. The number of halogens is 2. The molecular weight excluding hydrogens is 469 g/mol. The first-order valence-electron chi connectivity index (χ1n) is 10.5. The van der Waals surface area contributed by atoms with Gasteiger partial charge in [0.2, 0.25) is 0 Å². The minimum Gasteiger partial charge on any atom is -0.490 e. The second-order valence-corrected chi connectivity index (χ2v) is 7.99. The molecule has 0 saturated carbocycles. The third-order valence-corrected chi connectivity index (χ3v) is 5.51. The summed E-state index contributed by atoms with van der Waals surface area (Å²) in [6.45, 7) is 3.42. The molecule has 176 valence electrons. The van der Waals surface area contributed by atoms with Gasteiger partial charge in [-0.2, -0.15) is 5.10 Å². The molecule has 1 aliphatic heterocycles. The first-order chi connectivity index (χ1) is 16.0. The van der Waals surface area contributed by atoms with E-state index in [-0.39, 0.29) is 12.7 Å². The smallest absolute Gasteiger partial charge is 0.329 e. The Balaban J connectivity index is 1.56. The maximum atomic E-state index is 11.9. The van der Waals surface area contributed by atoms with Crippen molar-refractivity contribution < 1.29 is 23.8 Å². The first-order valence-corrected chi connectivity index (χ1v) is 11.3. The van der Waals surface area contributed by atoms with Gasteiger partial charge in [-0.1, -0.05) is 29.3 Å². The summed E-state index contributed by atoms with van der Waals surface area (Å²) in [6, 6.07) is 10.4. The van der Waals surface area contributed by atoms with Gasteiger partial charge in [0.25, 0.3) is 0 Å². The number of ether oxygens (including phenoxy) is 3.